The van der Waals surface area contributed by atoms with Crippen molar-refractivity contribution < 1.29 is 33.5 Å². The number of nitrogens with two attached hydrogens (primary N) is 1. The fourth-order valence-corrected chi connectivity index (χ4v) is 4.50. The summed E-state index contributed by atoms with van der Waals surface area (Å²) in [5.41, 5.74) is -0.489. The molecule has 0 aliphatic carbocycles. The number of rotatable bonds is 2. The third-order valence-electron chi connectivity index (χ3n) is 4.80. The van der Waals surface area contributed by atoms with Crippen LogP contribution in [0.2, 0.25) is 0 Å². The minimum atomic E-state index is -4.75. The zero-order valence-corrected chi connectivity index (χ0v) is 14.9. The highest BCUT2D eigenvalue weighted by Crippen LogP contribution is 2.60. The maximum absolute atomic E-state index is 12.2. The number of anilines is 3. The zero-order chi connectivity index (χ0) is 20.5. The summed E-state index contributed by atoms with van der Waals surface area (Å²) in [4.78, 5) is 35.3. The number of nitrogens with one attached hydrogen (secondary N) is 3. The van der Waals surface area contributed by atoms with E-state index in [9.17, 15) is 24.5 Å². The van der Waals surface area contributed by atoms with E-state index in [0.717, 1.165) is 0 Å². The minimum Gasteiger partial charge on any atom is -0.369 e. The predicted molar refractivity (Wildman–Crippen MR) is 93.8 cm³/mol. The van der Waals surface area contributed by atoms with Crippen molar-refractivity contribution in [1.29, 1.82) is 0 Å². The van der Waals surface area contributed by atoms with Gasteiger partial charge in [-0.3, -0.25) is 24.3 Å². The molecule has 3 aliphatic heterocycles. The summed E-state index contributed by atoms with van der Waals surface area (Å²) in [5.74, 6) is -3.48. The van der Waals surface area contributed by atoms with Gasteiger partial charge in [0.25, 0.3) is 17.1 Å². The molecular weight excluding hydrogens is 401 g/mol. The largest absolute Gasteiger partial charge is 0.474 e. The van der Waals surface area contributed by atoms with Crippen molar-refractivity contribution in [2.75, 3.05) is 23.0 Å². The maximum Gasteiger partial charge on any atom is 0.474 e. The fraction of sp³-hybridized carbons (Fsp3) is 0.500. The Morgan fingerprint density at radius 2 is 2.07 bits per heavy atom. The number of nitrogens with zero attached hydrogens (tertiary/aromatic N) is 3. The third kappa shape index (κ3) is 2.17. The number of aromatic amines is 1. The molecule has 1 aromatic rings. The molecule has 4 rings (SSSR count). The minimum absolute atomic E-state index is 0.0640. The molecule has 28 heavy (non-hydrogen) atoms. The van der Waals surface area contributed by atoms with Gasteiger partial charge in [-0.25, -0.2) is 9.09 Å². The highest BCUT2D eigenvalue weighted by Gasteiger charge is 2.78. The van der Waals surface area contributed by atoms with Gasteiger partial charge in [0.05, 0.1) is 6.61 Å². The first kappa shape index (κ1) is 18.9. The Hall–Kier alpha value is -2.39. The van der Waals surface area contributed by atoms with Crippen LogP contribution in [-0.2, 0) is 18.3 Å². The summed E-state index contributed by atoms with van der Waals surface area (Å²) in [7, 11) is -4.75. The van der Waals surface area contributed by atoms with Gasteiger partial charge in [0.1, 0.15) is 11.8 Å². The Balaban J connectivity index is 1.92. The first-order valence-corrected chi connectivity index (χ1v) is 9.20. The molecule has 0 spiro atoms. The van der Waals surface area contributed by atoms with E-state index in [-0.39, 0.29) is 17.5 Å². The Morgan fingerprint density at radius 1 is 1.36 bits per heavy atom. The van der Waals surface area contributed by atoms with E-state index in [0.29, 0.717) is 0 Å². The van der Waals surface area contributed by atoms with Crippen molar-refractivity contribution in [3.05, 3.63) is 10.4 Å². The lowest BCUT2D eigenvalue weighted by Crippen LogP contribution is -2.84. The fourth-order valence-electron chi connectivity index (χ4n) is 3.46. The van der Waals surface area contributed by atoms with Crippen LogP contribution in [0.15, 0.2) is 14.8 Å². The van der Waals surface area contributed by atoms with Gasteiger partial charge in [-0.2, -0.15) is 4.98 Å². The van der Waals surface area contributed by atoms with Gasteiger partial charge in [-0.05, 0) is 13.4 Å². The Labute approximate surface area is 155 Å². The normalized spacial score (nSPS) is 40.7. The number of nitrogen functional groups attached to an aromatic ring is 1. The third-order valence-corrected chi connectivity index (χ3v) is 5.78. The van der Waals surface area contributed by atoms with Gasteiger partial charge in [0, 0.05) is 0 Å². The number of aliphatic imine (C=N–C) groups is 2. The van der Waals surface area contributed by atoms with Crippen molar-refractivity contribution in [3.8, 4) is 0 Å². The molecule has 1 unspecified atom stereocenters. The summed E-state index contributed by atoms with van der Waals surface area (Å²) < 4.78 is 27.3. The average molecular weight is 417 g/mol. The lowest BCUT2D eigenvalue weighted by atomic mass is 9.80. The molecule has 2 saturated heterocycles. The van der Waals surface area contributed by atoms with E-state index < -0.39 is 49.5 Å². The van der Waals surface area contributed by atoms with Crippen molar-refractivity contribution in [3.63, 3.8) is 0 Å². The number of aromatic nitrogens is 2. The molecule has 0 radical (unpaired) electrons. The second kappa shape index (κ2) is 5.57. The summed E-state index contributed by atoms with van der Waals surface area (Å²) >= 11 is 0. The molecule has 5 atom stereocenters. The molecule has 1 aromatic heterocycles. The molecule has 16 heteroatoms. The van der Waals surface area contributed by atoms with E-state index >= 15 is 0 Å². The van der Waals surface area contributed by atoms with Crippen LogP contribution in [0, 0.1) is 0 Å². The van der Waals surface area contributed by atoms with E-state index in [1.165, 1.54) is 0 Å². The number of phosphoric ester groups is 1. The van der Waals surface area contributed by atoms with Crippen molar-refractivity contribution in [1.82, 2.24) is 9.97 Å². The smallest absolute Gasteiger partial charge is 0.369 e. The highest BCUT2D eigenvalue weighted by atomic mass is 31.2. The maximum atomic E-state index is 12.2. The van der Waals surface area contributed by atoms with Crippen LogP contribution in [0.4, 0.5) is 17.5 Å². The Bertz CT molecular complexity index is 983. The van der Waals surface area contributed by atoms with Crippen LogP contribution in [0.3, 0.4) is 0 Å². The number of phosphoric acid groups is 1. The Kier molecular flexibility index (Phi) is 3.77. The molecule has 8 N–H and O–H groups in total. The summed E-state index contributed by atoms with van der Waals surface area (Å²) in [6.45, 7) is 5.95. The quantitative estimate of drug-likeness (QED) is 0.151. The SMILES string of the molecule is C=N[C@]12OP(=O)(O)OC[C@H]1O[C@H]1Nc3nc(N)[nH]c(=O)c3N[C@@]1(N=C)C2(O)O. The highest BCUT2D eigenvalue weighted by molar-refractivity contribution is 7.47. The number of ether oxygens (including phenoxy) is 1. The van der Waals surface area contributed by atoms with Gasteiger partial charge in [-0.1, -0.05) is 0 Å². The van der Waals surface area contributed by atoms with Gasteiger partial charge < -0.3 is 36.2 Å². The molecule has 152 valence electrons. The first-order valence-electron chi connectivity index (χ1n) is 7.70. The molecule has 0 bridgehead atoms. The molecule has 0 saturated carbocycles. The zero-order valence-electron chi connectivity index (χ0n) is 14.0. The first-order chi connectivity index (χ1) is 13.0. The molecule has 0 aromatic carbocycles. The van der Waals surface area contributed by atoms with Crippen LogP contribution < -0.4 is 21.9 Å². The average Bonchev–Trinajstić information content (AvgIpc) is 2.61. The van der Waals surface area contributed by atoms with Crippen molar-refractivity contribution in [2.45, 2.75) is 29.5 Å². The van der Waals surface area contributed by atoms with Crippen molar-refractivity contribution >= 4 is 38.7 Å². The van der Waals surface area contributed by atoms with Gasteiger partial charge in [-0.15, -0.1) is 0 Å². The van der Waals surface area contributed by atoms with E-state index in [1.807, 2.05) is 0 Å². The van der Waals surface area contributed by atoms with Crippen LogP contribution in [0.5, 0.6) is 0 Å². The monoisotopic (exact) mass is 417 g/mol. The van der Waals surface area contributed by atoms with Gasteiger partial charge in [0.15, 0.2) is 12.0 Å². The number of H-pyrrole nitrogens is 1. The molecule has 4 heterocycles. The number of fused-ring (bicyclic) bond motifs is 3. The molecule has 2 fully saturated rings. The van der Waals surface area contributed by atoms with E-state index in [1.54, 1.807) is 0 Å². The van der Waals surface area contributed by atoms with Crippen molar-refractivity contribution in [2.24, 2.45) is 9.98 Å². The number of aliphatic hydroxyl groups is 2. The molecular formula is C12H16N7O8P. The summed E-state index contributed by atoms with van der Waals surface area (Å²) in [6, 6.07) is 0. The number of hydrogen-bond acceptors (Lipinski definition) is 13. The van der Waals surface area contributed by atoms with Gasteiger partial charge >= 0.3 is 7.82 Å². The Morgan fingerprint density at radius 3 is 2.71 bits per heavy atom. The summed E-state index contributed by atoms with van der Waals surface area (Å²) in [6.07, 6.45) is -2.83. The van der Waals surface area contributed by atoms with Crippen LogP contribution in [0.25, 0.3) is 0 Å². The van der Waals surface area contributed by atoms with E-state index in [4.69, 9.17) is 15.0 Å². The van der Waals surface area contributed by atoms with E-state index in [2.05, 4.69) is 48.5 Å². The molecule has 0 amide bonds. The standard InChI is InChI=1S/C12H16N7O8P/c1-14-10-8(16-6-5(19-10)7(20)18-9(13)17-6)26-4-3-25-28(23,24)27-11(4,15-2)12(10,21)22/h4,8,19,21-22H,1-3H2,(H,23,24)(H4,13,16,17,18,20)/t4-,8-,10-,11+/m1/s1. The van der Waals surface area contributed by atoms with Crippen LogP contribution in [0.1, 0.15) is 0 Å². The second-order valence-electron chi connectivity index (χ2n) is 6.26. The van der Waals surface area contributed by atoms with Crippen LogP contribution in [-0.4, -0.2) is 74.6 Å². The lowest BCUT2D eigenvalue weighted by molar-refractivity contribution is -0.378. The lowest BCUT2D eigenvalue weighted by Gasteiger charge is -2.60. The molecule has 3 aliphatic rings. The van der Waals surface area contributed by atoms with Gasteiger partial charge in [0.2, 0.25) is 11.6 Å². The summed E-state index contributed by atoms with van der Waals surface area (Å²) in [5, 5.41) is 27.4. The molecule has 15 nitrogen and oxygen atoms in total. The topological polar surface area (TPSA) is 226 Å². The van der Waals surface area contributed by atoms with Crippen LogP contribution >= 0.6 is 7.82 Å². The predicted octanol–water partition coefficient (Wildman–Crippen LogP) is -2.46. The second-order valence-corrected chi connectivity index (χ2v) is 7.63. The number of hydrogen-bond donors (Lipinski definition) is 7.